The first-order valence-corrected chi connectivity index (χ1v) is 7.81. The van der Waals surface area contributed by atoms with E-state index in [1.807, 2.05) is 47.0 Å². The lowest BCUT2D eigenvalue weighted by Crippen LogP contribution is -1.95. The molecule has 0 amide bonds. The van der Waals surface area contributed by atoms with Gasteiger partial charge in [-0.3, -0.25) is 0 Å². The maximum atomic E-state index is 4.80. The summed E-state index contributed by atoms with van der Waals surface area (Å²) in [5.74, 6) is 0.777. The third kappa shape index (κ3) is 1.60. The highest BCUT2D eigenvalue weighted by Crippen LogP contribution is 2.36. The number of hydrogen-bond donors (Lipinski definition) is 0. The molecule has 0 saturated carbocycles. The van der Waals surface area contributed by atoms with E-state index >= 15 is 0 Å². The molecule has 5 heteroatoms. The molecule has 0 radical (unpaired) electrons. The Bertz CT molecular complexity index is 1080. The van der Waals surface area contributed by atoms with Gasteiger partial charge in [0.1, 0.15) is 5.69 Å². The molecule has 2 aliphatic rings. The van der Waals surface area contributed by atoms with Crippen molar-refractivity contribution >= 4 is 27.1 Å². The van der Waals surface area contributed by atoms with Crippen LogP contribution in [-0.2, 0) is 0 Å². The van der Waals surface area contributed by atoms with Crippen LogP contribution in [0.4, 0.5) is 0 Å². The molecule has 3 aromatic rings. The Labute approximate surface area is 130 Å². The first-order chi connectivity index (χ1) is 10.9. The van der Waals surface area contributed by atoms with E-state index in [1.165, 1.54) is 10.8 Å². The van der Waals surface area contributed by atoms with Gasteiger partial charge in [-0.25, -0.2) is 0 Å². The zero-order chi connectivity index (χ0) is 14.5. The molecule has 2 aromatic carbocycles. The van der Waals surface area contributed by atoms with Gasteiger partial charge in [0.2, 0.25) is 4.96 Å². The average Bonchev–Trinajstić information content (AvgIpc) is 3.14. The van der Waals surface area contributed by atoms with Crippen LogP contribution in [0.3, 0.4) is 0 Å². The van der Waals surface area contributed by atoms with Crippen molar-refractivity contribution in [1.29, 1.82) is 0 Å². The van der Waals surface area contributed by atoms with Crippen LogP contribution in [-0.4, -0.2) is 19.8 Å². The number of nitrogens with zero attached hydrogens (tertiary/aromatic N) is 4. The summed E-state index contributed by atoms with van der Waals surface area (Å²) in [6, 6.07) is 20.5. The van der Waals surface area contributed by atoms with Gasteiger partial charge in [0.25, 0.3) is 0 Å². The lowest BCUT2D eigenvalue weighted by molar-refractivity contribution is 0.958. The van der Waals surface area contributed by atoms with Crippen LogP contribution in [0.5, 0.6) is 0 Å². The number of aromatic nitrogens is 4. The van der Waals surface area contributed by atoms with Gasteiger partial charge >= 0.3 is 0 Å². The summed E-state index contributed by atoms with van der Waals surface area (Å²) >= 11 is 1.62. The van der Waals surface area contributed by atoms with E-state index in [2.05, 4.69) is 28.4 Å². The second-order valence-electron chi connectivity index (χ2n) is 5.13. The SMILES string of the molecule is c1ccc(-c2nnc3sc4cc5ccccc5c-4nn23)cc1. The lowest BCUT2D eigenvalue weighted by atomic mass is 10.2. The average molecular weight is 302 g/mol. The number of fused-ring (bicyclic) bond motifs is 4. The Morgan fingerprint density at radius 1 is 0.864 bits per heavy atom. The van der Waals surface area contributed by atoms with Crippen LogP contribution in [0.1, 0.15) is 0 Å². The summed E-state index contributed by atoms with van der Waals surface area (Å²) in [5.41, 5.74) is 2.02. The first-order valence-electron chi connectivity index (χ1n) is 6.99. The van der Waals surface area contributed by atoms with Crippen molar-refractivity contribution in [3.63, 3.8) is 0 Å². The van der Waals surface area contributed by atoms with Gasteiger partial charge in [0.15, 0.2) is 5.82 Å². The third-order valence-electron chi connectivity index (χ3n) is 3.78. The smallest absolute Gasteiger partial charge is 0.183 e. The Morgan fingerprint density at radius 2 is 1.68 bits per heavy atom. The molecular weight excluding hydrogens is 292 g/mol. The van der Waals surface area contributed by atoms with Crippen molar-refractivity contribution in [3.05, 3.63) is 60.7 Å². The Balaban J connectivity index is 1.88. The molecule has 2 heterocycles. The molecule has 0 N–H and O–H groups in total. The normalized spacial score (nSPS) is 11.6. The fraction of sp³-hybridized carbons (Fsp3) is 0. The van der Waals surface area contributed by atoms with Crippen LogP contribution in [0.2, 0.25) is 0 Å². The minimum absolute atomic E-state index is 0.777. The number of benzene rings is 2. The minimum Gasteiger partial charge on any atom is -0.183 e. The van der Waals surface area contributed by atoms with E-state index in [0.29, 0.717) is 0 Å². The number of rotatable bonds is 1. The van der Waals surface area contributed by atoms with E-state index in [9.17, 15) is 0 Å². The van der Waals surface area contributed by atoms with Crippen molar-refractivity contribution in [3.8, 4) is 22.0 Å². The van der Waals surface area contributed by atoms with Gasteiger partial charge in [0.05, 0.1) is 4.88 Å². The van der Waals surface area contributed by atoms with Crippen LogP contribution < -0.4 is 0 Å². The molecule has 1 aromatic heterocycles. The summed E-state index contributed by atoms with van der Waals surface area (Å²) in [5, 5.41) is 15.8. The molecule has 22 heavy (non-hydrogen) atoms. The van der Waals surface area contributed by atoms with Crippen molar-refractivity contribution in [2.75, 3.05) is 0 Å². The zero-order valence-corrected chi connectivity index (χ0v) is 12.3. The molecule has 0 saturated heterocycles. The van der Waals surface area contributed by atoms with Crippen molar-refractivity contribution in [1.82, 2.24) is 19.8 Å². The van der Waals surface area contributed by atoms with Gasteiger partial charge in [-0.15, -0.1) is 10.2 Å². The molecule has 104 valence electrons. The number of hydrogen-bond acceptors (Lipinski definition) is 4. The molecule has 0 bridgehead atoms. The monoisotopic (exact) mass is 302 g/mol. The Kier molecular flexibility index (Phi) is 2.34. The fourth-order valence-corrected chi connectivity index (χ4v) is 3.67. The standard InChI is InChI=1S/C17H10N4S/c1-2-6-11(7-3-1)16-18-19-17-21(16)20-15-13-9-5-4-8-12(13)10-14(15)22-17/h1-10H. The summed E-state index contributed by atoms with van der Waals surface area (Å²) in [6.07, 6.45) is 0. The molecule has 1 aliphatic carbocycles. The van der Waals surface area contributed by atoms with Gasteiger partial charge in [0, 0.05) is 10.9 Å². The molecule has 0 spiro atoms. The van der Waals surface area contributed by atoms with Gasteiger partial charge in [-0.05, 0) is 11.5 Å². The molecule has 4 nitrogen and oxygen atoms in total. The second kappa shape index (κ2) is 4.35. The summed E-state index contributed by atoms with van der Waals surface area (Å²) in [7, 11) is 0. The van der Waals surface area contributed by atoms with Crippen molar-refractivity contribution < 1.29 is 0 Å². The lowest BCUT2D eigenvalue weighted by Gasteiger charge is -2.02. The van der Waals surface area contributed by atoms with Crippen molar-refractivity contribution in [2.45, 2.75) is 0 Å². The van der Waals surface area contributed by atoms with Gasteiger partial charge in [-0.2, -0.15) is 9.61 Å². The predicted molar refractivity (Wildman–Crippen MR) is 88.2 cm³/mol. The zero-order valence-electron chi connectivity index (χ0n) is 11.5. The molecule has 5 rings (SSSR count). The molecule has 0 fully saturated rings. The molecular formula is C17H10N4S. The largest absolute Gasteiger partial charge is 0.233 e. The van der Waals surface area contributed by atoms with Crippen LogP contribution in [0, 0.1) is 0 Å². The highest BCUT2D eigenvalue weighted by molar-refractivity contribution is 7.20. The molecule has 0 atom stereocenters. The van der Waals surface area contributed by atoms with Crippen molar-refractivity contribution in [2.24, 2.45) is 0 Å². The summed E-state index contributed by atoms with van der Waals surface area (Å²) in [6.45, 7) is 0. The predicted octanol–water partition coefficient (Wildman–Crippen LogP) is 4.11. The van der Waals surface area contributed by atoms with Gasteiger partial charge < -0.3 is 0 Å². The van der Waals surface area contributed by atoms with Crippen LogP contribution in [0.25, 0.3) is 37.7 Å². The maximum absolute atomic E-state index is 4.80. The Morgan fingerprint density at radius 3 is 2.59 bits per heavy atom. The van der Waals surface area contributed by atoms with Crippen LogP contribution in [0.15, 0.2) is 60.7 Å². The molecule has 0 unspecified atom stereocenters. The molecule has 1 aliphatic heterocycles. The van der Waals surface area contributed by atoms with Crippen LogP contribution >= 0.6 is 11.3 Å². The van der Waals surface area contributed by atoms with E-state index in [1.54, 1.807) is 11.3 Å². The van der Waals surface area contributed by atoms with E-state index in [4.69, 9.17) is 5.10 Å². The highest BCUT2D eigenvalue weighted by Gasteiger charge is 2.17. The summed E-state index contributed by atoms with van der Waals surface area (Å²) in [4.78, 5) is 1.95. The minimum atomic E-state index is 0.777. The van der Waals surface area contributed by atoms with E-state index in [-0.39, 0.29) is 0 Å². The Hall–Kier alpha value is -2.79. The second-order valence-corrected chi connectivity index (χ2v) is 6.14. The maximum Gasteiger partial charge on any atom is 0.233 e. The van der Waals surface area contributed by atoms with E-state index in [0.717, 1.165) is 26.9 Å². The first kappa shape index (κ1) is 11.8. The van der Waals surface area contributed by atoms with E-state index < -0.39 is 0 Å². The third-order valence-corrected chi connectivity index (χ3v) is 4.75. The topological polar surface area (TPSA) is 43.1 Å². The quantitative estimate of drug-likeness (QED) is 0.468. The summed E-state index contributed by atoms with van der Waals surface area (Å²) < 4.78 is 1.84. The highest BCUT2D eigenvalue weighted by atomic mass is 32.1. The fourth-order valence-electron chi connectivity index (χ4n) is 2.75. The van der Waals surface area contributed by atoms with Gasteiger partial charge in [-0.1, -0.05) is 65.9 Å².